The highest BCUT2D eigenvalue weighted by Gasteiger charge is 2.11. The van der Waals surface area contributed by atoms with Crippen LogP contribution in [-0.2, 0) is 7.05 Å². The van der Waals surface area contributed by atoms with Crippen LogP contribution < -0.4 is 15.4 Å². The van der Waals surface area contributed by atoms with E-state index in [1.165, 1.54) is 12.3 Å². The van der Waals surface area contributed by atoms with Crippen LogP contribution in [0.15, 0.2) is 59.2 Å². The summed E-state index contributed by atoms with van der Waals surface area (Å²) in [6.45, 7) is 0. The lowest BCUT2D eigenvalue weighted by molar-refractivity contribution is 0.0958. The predicted octanol–water partition coefficient (Wildman–Crippen LogP) is 4.77. The standard InChI is InChI=1S/C21H17BrFN5O2/c1-24-20(29)18-11-14(7-8-25-18)30-13-4-6-19-17(10-13)27-21(28(19)2)26-12-3-5-16(23)15(22)9-12/h3-11H,1-2H3,(H,24,29)(H,26,27). The van der Waals surface area contributed by atoms with Crippen LogP contribution in [0.5, 0.6) is 11.5 Å². The second-order valence-electron chi connectivity index (χ2n) is 6.46. The Morgan fingerprint density at radius 3 is 2.70 bits per heavy atom. The van der Waals surface area contributed by atoms with Crippen molar-refractivity contribution >= 4 is 44.5 Å². The Morgan fingerprint density at radius 1 is 1.13 bits per heavy atom. The van der Waals surface area contributed by atoms with Gasteiger partial charge < -0.3 is 19.9 Å². The zero-order chi connectivity index (χ0) is 21.3. The van der Waals surface area contributed by atoms with Gasteiger partial charge in [0.05, 0.1) is 15.5 Å². The maximum atomic E-state index is 13.5. The molecule has 2 aromatic heterocycles. The number of hydrogen-bond donors (Lipinski definition) is 2. The lowest BCUT2D eigenvalue weighted by Crippen LogP contribution is -2.18. The molecule has 0 unspecified atom stereocenters. The third-order valence-electron chi connectivity index (χ3n) is 4.45. The van der Waals surface area contributed by atoms with Crippen LogP contribution in [0.25, 0.3) is 11.0 Å². The number of pyridine rings is 1. The third-order valence-corrected chi connectivity index (χ3v) is 5.06. The molecule has 1 amide bonds. The predicted molar refractivity (Wildman–Crippen MR) is 116 cm³/mol. The summed E-state index contributed by atoms with van der Waals surface area (Å²) in [7, 11) is 3.43. The highest BCUT2D eigenvalue weighted by molar-refractivity contribution is 9.10. The van der Waals surface area contributed by atoms with Crippen molar-refractivity contribution in [3.8, 4) is 11.5 Å². The first kappa shape index (κ1) is 19.8. The van der Waals surface area contributed by atoms with Gasteiger partial charge in [0.25, 0.3) is 5.91 Å². The van der Waals surface area contributed by atoms with Crippen molar-refractivity contribution in [2.24, 2.45) is 7.05 Å². The van der Waals surface area contributed by atoms with Gasteiger partial charge in [0.1, 0.15) is 23.0 Å². The molecule has 0 atom stereocenters. The number of aromatic nitrogens is 3. The average Bonchev–Trinajstić information content (AvgIpc) is 3.05. The molecule has 0 saturated carbocycles. The van der Waals surface area contributed by atoms with E-state index in [2.05, 4.69) is 36.5 Å². The summed E-state index contributed by atoms with van der Waals surface area (Å²) in [5, 5.41) is 5.72. The van der Waals surface area contributed by atoms with E-state index in [-0.39, 0.29) is 17.4 Å². The summed E-state index contributed by atoms with van der Waals surface area (Å²) >= 11 is 3.18. The fraction of sp³-hybridized carbons (Fsp3) is 0.0952. The number of amides is 1. The Bertz CT molecular complexity index is 1260. The summed E-state index contributed by atoms with van der Waals surface area (Å²) < 4.78 is 21.6. The molecular formula is C21H17BrFN5O2. The van der Waals surface area contributed by atoms with Crippen LogP contribution in [0.2, 0.25) is 0 Å². The molecule has 152 valence electrons. The van der Waals surface area contributed by atoms with E-state index in [1.807, 2.05) is 23.7 Å². The van der Waals surface area contributed by atoms with Gasteiger partial charge >= 0.3 is 0 Å². The van der Waals surface area contributed by atoms with E-state index in [1.54, 1.807) is 37.4 Å². The molecule has 4 rings (SSSR count). The SMILES string of the molecule is CNC(=O)c1cc(Oc2ccc3c(c2)nc(Nc2ccc(F)c(Br)c2)n3C)ccn1. The Balaban J connectivity index is 1.60. The highest BCUT2D eigenvalue weighted by atomic mass is 79.9. The quantitative estimate of drug-likeness (QED) is 0.440. The van der Waals surface area contributed by atoms with Crippen molar-refractivity contribution in [2.75, 3.05) is 12.4 Å². The van der Waals surface area contributed by atoms with Gasteiger partial charge in [0.2, 0.25) is 5.95 Å². The van der Waals surface area contributed by atoms with E-state index in [4.69, 9.17) is 4.74 Å². The van der Waals surface area contributed by atoms with E-state index in [0.29, 0.717) is 27.6 Å². The highest BCUT2D eigenvalue weighted by Crippen LogP contribution is 2.29. The zero-order valence-corrected chi connectivity index (χ0v) is 17.7. The average molecular weight is 470 g/mol. The maximum Gasteiger partial charge on any atom is 0.269 e. The monoisotopic (exact) mass is 469 g/mol. The molecule has 2 N–H and O–H groups in total. The fourth-order valence-corrected chi connectivity index (χ4v) is 3.30. The fourth-order valence-electron chi connectivity index (χ4n) is 2.92. The molecule has 9 heteroatoms. The molecule has 7 nitrogen and oxygen atoms in total. The van der Waals surface area contributed by atoms with Gasteiger partial charge in [-0.25, -0.2) is 9.37 Å². The summed E-state index contributed by atoms with van der Waals surface area (Å²) in [5.74, 6) is 1.05. The van der Waals surface area contributed by atoms with Gasteiger partial charge in [-0.2, -0.15) is 0 Å². The molecule has 2 heterocycles. The minimum Gasteiger partial charge on any atom is -0.457 e. The van der Waals surface area contributed by atoms with Crippen molar-refractivity contribution < 1.29 is 13.9 Å². The number of imidazole rings is 1. The molecule has 0 radical (unpaired) electrons. The summed E-state index contributed by atoms with van der Waals surface area (Å²) in [4.78, 5) is 20.4. The van der Waals surface area contributed by atoms with Gasteiger partial charge in [-0.05, 0) is 52.3 Å². The van der Waals surface area contributed by atoms with Crippen LogP contribution >= 0.6 is 15.9 Å². The minimum absolute atomic E-state index is 0.269. The number of benzene rings is 2. The Hall–Kier alpha value is -3.46. The second kappa shape index (κ2) is 8.11. The normalized spacial score (nSPS) is 10.8. The smallest absolute Gasteiger partial charge is 0.269 e. The molecule has 0 aliphatic heterocycles. The minimum atomic E-state index is -0.331. The number of halogens is 2. The number of fused-ring (bicyclic) bond motifs is 1. The Labute approximate surface area is 180 Å². The number of hydrogen-bond acceptors (Lipinski definition) is 5. The first-order valence-electron chi connectivity index (χ1n) is 8.99. The van der Waals surface area contributed by atoms with Gasteiger partial charge in [-0.1, -0.05) is 0 Å². The molecule has 0 fully saturated rings. The summed E-state index contributed by atoms with van der Waals surface area (Å²) in [5.41, 5.74) is 2.59. The van der Waals surface area contributed by atoms with Crippen LogP contribution in [0.4, 0.5) is 16.0 Å². The number of aryl methyl sites for hydroxylation is 1. The number of anilines is 2. The van der Waals surface area contributed by atoms with E-state index >= 15 is 0 Å². The first-order chi connectivity index (χ1) is 14.4. The van der Waals surface area contributed by atoms with E-state index in [0.717, 1.165) is 11.0 Å². The number of ether oxygens (including phenoxy) is 1. The Morgan fingerprint density at radius 2 is 1.93 bits per heavy atom. The van der Waals surface area contributed by atoms with Gasteiger partial charge in [-0.3, -0.25) is 9.78 Å². The van der Waals surface area contributed by atoms with E-state index < -0.39 is 0 Å². The first-order valence-corrected chi connectivity index (χ1v) is 9.78. The maximum absolute atomic E-state index is 13.5. The van der Waals surface area contributed by atoms with Gasteiger partial charge in [-0.15, -0.1) is 0 Å². The molecule has 0 aliphatic carbocycles. The molecule has 0 spiro atoms. The lowest BCUT2D eigenvalue weighted by Gasteiger charge is -2.07. The Kier molecular flexibility index (Phi) is 5.37. The van der Waals surface area contributed by atoms with Crippen molar-refractivity contribution in [3.05, 3.63) is 70.7 Å². The molecular weight excluding hydrogens is 453 g/mol. The van der Waals surface area contributed by atoms with Gasteiger partial charge in [0.15, 0.2) is 0 Å². The van der Waals surface area contributed by atoms with Crippen LogP contribution in [0.3, 0.4) is 0 Å². The molecule has 0 saturated heterocycles. The molecule has 0 bridgehead atoms. The largest absolute Gasteiger partial charge is 0.457 e. The van der Waals surface area contributed by atoms with Crippen LogP contribution in [0, 0.1) is 5.82 Å². The molecule has 30 heavy (non-hydrogen) atoms. The van der Waals surface area contributed by atoms with Crippen molar-refractivity contribution in [3.63, 3.8) is 0 Å². The summed E-state index contributed by atoms with van der Waals surface area (Å²) in [6, 6.07) is 13.4. The topological polar surface area (TPSA) is 81.1 Å². The number of carbonyl (C=O) groups is 1. The van der Waals surface area contributed by atoms with Crippen molar-refractivity contribution in [1.82, 2.24) is 19.9 Å². The van der Waals surface area contributed by atoms with Crippen molar-refractivity contribution in [2.45, 2.75) is 0 Å². The molecule has 0 aliphatic rings. The van der Waals surface area contributed by atoms with Crippen LogP contribution in [0.1, 0.15) is 10.5 Å². The lowest BCUT2D eigenvalue weighted by atomic mass is 10.3. The number of nitrogens with zero attached hydrogens (tertiary/aromatic N) is 3. The number of carbonyl (C=O) groups excluding carboxylic acids is 1. The van der Waals surface area contributed by atoms with Crippen LogP contribution in [-0.4, -0.2) is 27.5 Å². The third kappa shape index (κ3) is 3.97. The number of rotatable bonds is 5. The number of nitrogens with one attached hydrogen (secondary N) is 2. The van der Waals surface area contributed by atoms with Gasteiger partial charge in [0, 0.05) is 38.1 Å². The second-order valence-corrected chi connectivity index (χ2v) is 7.31. The summed E-state index contributed by atoms with van der Waals surface area (Å²) in [6.07, 6.45) is 1.52. The molecule has 2 aromatic carbocycles. The van der Waals surface area contributed by atoms with Crippen molar-refractivity contribution in [1.29, 1.82) is 0 Å². The zero-order valence-electron chi connectivity index (χ0n) is 16.1. The molecule has 4 aromatic rings. The van der Waals surface area contributed by atoms with E-state index in [9.17, 15) is 9.18 Å².